The molecular weight excluding hydrogens is 506 g/mol. The fraction of sp³-hybridized carbons (Fsp3) is 0.276. The number of benzene rings is 1. The standard InChI is InChI=1S/C29H29N9O2/c1-3-18-5-4-6-20(13-18)23-8-7-21(14-31-23)22-15-34-38-26(30)24(17(2)39)25(35-28(22)38)19-9-11-37(12-10-19)29(40)27-32-16-33-36-27/h4-8,13-16,19H,3,9-12,30H2,1-2H3,(H,32,33,36). The van der Waals surface area contributed by atoms with Crippen LogP contribution in [0.5, 0.6) is 0 Å². The fourth-order valence-corrected chi connectivity index (χ4v) is 5.38. The number of likely N-dealkylation sites (tertiary alicyclic amines) is 1. The number of nitrogens with zero attached hydrogens (tertiary/aromatic N) is 7. The van der Waals surface area contributed by atoms with E-state index in [1.165, 1.54) is 23.3 Å². The minimum atomic E-state index is -0.193. The molecule has 1 amide bonds. The number of carbonyl (C=O) groups excluding carboxylic acids is 2. The van der Waals surface area contributed by atoms with Gasteiger partial charge < -0.3 is 10.6 Å². The van der Waals surface area contributed by atoms with Crippen molar-refractivity contribution in [3.63, 3.8) is 0 Å². The molecule has 0 atom stereocenters. The molecule has 5 heterocycles. The molecule has 0 aliphatic carbocycles. The lowest BCUT2D eigenvalue weighted by Crippen LogP contribution is -2.39. The Balaban J connectivity index is 1.33. The van der Waals surface area contributed by atoms with Crippen LogP contribution in [0.4, 0.5) is 5.82 Å². The van der Waals surface area contributed by atoms with Gasteiger partial charge in [0.05, 0.1) is 23.1 Å². The highest BCUT2D eigenvalue weighted by atomic mass is 16.2. The van der Waals surface area contributed by atoms with Gasteiger partial charge in [0.2, 0.25) is 5.82 Å². The van der Waals surface area contributed by atoms with E-state index in [4.69, 9.17) is 15.7 Å². The molecule has 11 heteroatoms. The first-order chi connectivity index (χ1) is 19.4. The average molecular weight is 536 g/mol. The first-order valence-electron chi connectivity index (χ1n) is 13.3. The van der Waals surface area contributed by atoms with E-state index in [1.54, 1.807) is 11.1 Å². The number of hydrogen-bond acceptors (Lipinski definition) is 8. The zero-order valence-electron chi connectivity index (χ0n) is 22.3. The topological polar surface area (TPSA) is 148 Å². The van der Waals surface area contributed by atoms with Crippen LogP contribution >= 0.6 is 0 Å². The van der Waals surface area contributed by atoms with Crippen molar-refractivity contribution < 1.29 is 9.59 Å². The number of fused-ring (bicyclic) bond motifs is 1. The van der Waals surface area contributed by atoms with Crippen molar-refractivity contribution in [1.29, 1.82) is 0 Å². The highest BCUT2D eigenvalue weighted by molar-refractivity contribution is 6.00. The Kier molecular flexibility index (Phi) is 6.54. The van der Waals surface area contributed by atoms with Crippen LogP contribution in [0, 0.1) is 0 Å². The van der Waals surface area contributed by atoms with Gasteiger partial charge in [0, 0.05) is 41.9 Å². The first-order valence-corrected chi connectivity index (χ1v) is 13.3. The number of nitrogen functional groups attached to an aromatic ring is 1. The van der Waals surface area contributed by atoms with E-state index in [0.29, 0.717) is 42.8 Å². The van der Waals surface area contributed by atoms with Crippen molar-refractivity contribution in [3.05, 3.63) is 77.8 Å². The number of Topliss-reactive ketones (excluding diaryl/α,β-unsaturated/α-hetero) is 1. The monoisotopic (exact) mass is 535 g/mol. The molecule has 0 saturated carbocycles. The minimum Gasteiger partial charge on any atom is -0.383 e. The lowest BCUT2D eigenvalue weighted by atomic mass is 9.89. The molecule has 3 N–H and O–H groups in total. The summed E-state index contributed by atoms with van der Waals surface area (Å²) < 4.78 is 1.52. The number of aryl methyl sites for hydroxylation is 1. The van der Waals surface area contributed by atoms with Gasteiger partial charge in [-0.05, 0) is 43.9 Å². The normalized spacial score (nSPS) is 14.1. The smallest absolute Gasteiger partial charge is 0.291 e. The number of pyridine rings is 1. The van der Waals surface area contributed by atoms with E-state index in [2.05, 4.69) is 45.4 Å². The van der Waals surface area contributed by atoms with Crippen LogP contribution in [-0.2, 0) is 6.42 Å². The second-order valence-electron chi connectivity index (χ2n) is 9.99. The van der Waals surface area contributed by atoms with Gasteiger partial charge in [0.25, 0.3) is 5.91 Å². The summed E-state index contributed by atoms with van der Waals surface area (Å²) in [6.07, 6.45) is 7.08. The predicted molar refractivity (Wildman–Crippen MR) is 150 cm³/mol. The summed E-state index contributed by atoms with van der Waals surface area (Å²) in [5, 5.41) is 10.9. The summed E-state index contributed by atoms with van der Waals surface area (Å²) in [5.74, 6) is 0.0766. The van der Waals surface area contributed by atoms with Crippen LogP contribution < -0.4 is 5.73 Å². The van der Waals surface area contributed by atoms with Crippen LogP contribution in [0.15, 0.2) is 55.1 Å². The minimum absolute atomic E-state index is 0.0425. The second-order valence-corrected chi connectivity index (χ2v) is 9.99. The van der Waals surface area contributed by atoms with E-state index in [-0.39, 0.29) is 29.3 Å². The molecule has 0 radical (unpaired) electrons. The Morgan fingerprint density at radius 2 is 1.90 bits per heavy atom. The van der Waals surface area contributed by atoms with E-state index in [1.807, 2.05) is 24.4 Å². The molecule has 1 fully saturated rings. The molecule has 1 aliphatic rings. The number of rotatable bonds is 6. The number of hydrogen-bond donors (Lipinski definition) is 2. The second kappa shape index (κ2) is 10.3. The van der Waals surface area contributed by atoms with Crippen LogP contribution in [-0.4, -0.2) is 64.4 Å². The number of anilines is 1. The molecule has 1 aromatic carbocycles. The average Bonchev–Trinajstić information content (AvgIpc) is 3.68. The third-order valence-corrected chi connectivity index (χ3v) is 7.55. The number of amides is 1. The van der Waals surface area contributed by atoms with E-state index in [9.17, 15) is 9.59 Å². The lowest BCUT2D eigenvalue weighted by Gasteiger charge is -2.32. The SMILES string of the molecule is CCc1cccc(-c2ccc(-c3cnn4c(N)c(C(C)=O)c(C5CCN(C(=O)c6ncn[nH]6)CC5)nc34)cn2)c1. The Morgan fingerprint density at radius 1 is 1.07 bits per heavy atom. The Labute approximate surface area is 230 Å². The molecule has 11 nitrogen and oxygen atoms in total. The number of ketones is 1. The Morgan fingerprint density at radius 3 is 2.58 bits per heavy atom. The van der Waals surface area contributed by atoms with Crippen LogP contribution in [0.2, 0.25) is 0 Å². The van der Waals surface area contributed by atoms with E-state index >= 15 is 0 Å². The van der Waals surface area contributed by atoms with Gasteiger partial charge in [-0.1, -0.05) is 31.2 Å². The highest BCUT2D eigenvalue weighted by Crippen LogP contribution is 2.35. The molecule has 1 saturated heterocycles. The zero-order valence-corrected chi connectivity index (χ0v) is 22.3. The van der Waals surface area contributed by atoms with Crippen molar-refractivity contribution in [2.75, 3.05) is 18.8 Å². The van der Waals surface area contributed by atoms with E-state index < -0.39 is 0 Å². The maximum Gasteiger partial charge on any atom is 0.291 e. The molecule has 0 unspecified atom stereocenters. The number of H-pyrrole nitrogens is 1. The van der Waals surface area contributed by atoms with Gasteiger partial charge in [0.15, 0.2) is 11.4 Å². The third-order valence-electron chi connectivity index (χ3n) is 7.55. The highest BCUT2D eigenvalue weighted by Gasteiger charge is 2.31. The summed E-state index contributed by atoms with van der Waals surface area (Å²) in [4.78, 5) is 40.8. The van der Waals surface area contributed by atoms with Crippen LogP contribution in [0.1, 0.15) is 64.8 Å². The van der Waals surface area contributed by atoms with Gasteiger partial charge in [-0.15, -0.1) is 0 Å². The number of carbonyl (C=O) groups is 2. The molecule has 4 aromatic heterocycles. The molecule has 202 valence electrons. The third kappa shape index (κ3) is 4.49. The molecule has 40 heavy (non-hydrogen) atoms. The number of nitrogens with two attached hydrogens (primary N) is 1. The molecule has 1 aliphatic heterocycles. The van der Waals surface area contributed by atoms with Crippen molar-refractivity contribution in [1.82, 2.24) is 39.7 Å². The lowest BCUT2D eigenvalue weighted by molar-refractivity contribution is 0.0699. The predicted octanol–water partition coefficient (Wildman–Crippen LogP) is 3.94. The quantitative estimate of drug-likeness (QED) is 0.311. The summed E-state index contributed by atoms with van der Waals surface area (Å²) in [6, 6.07) is 12.4. The Bertz CT molecular complexity index is 1700. The summed E-state index contributed by atoms with van der Waals surface area (Å²) in [5.41, 5.74) is 13.0. The zero-order chi connectivity index (χ0) is 27.8. The molecular formula is C29H29N9O2. The molecule has 0 bridgehead atoms. The van der Waals surface area contributed by atoms with Crippen molar-refractivity contribution in [2.24, 2.45) is 0 Å². The number of piperidine rings is 1. The van der Waals surface area contributed by atoms with Crippen molar-refractivity contribution in [3.8, 4) is 22.4 Å². The maximum absolute atomic E-state index is 12.7. The van der Waals surface area contributed by atoms with Gasteiger partial charge in [-0.25, -0.2) is 9.97 Å². The fourth-order valence-electron chi connectivity index (χ4n) is 5.38. The largest absolute Gasteiger partial charge is 0.383 e. The molecule has 6 rings (SSSR count). The van der Waals surface area contributed by atoms with Gasteiger partial charge >= 0.3 is 0 Å². The summed E-state index contributed by atoms with van der Waals surface area (Å²) in [7, 11) is 0. The molecule has 0 spiro atoms. The maximum atomic E-state index is 12.7. The Hall–Kier alpha value is -4.93. The van der Waals surface area contributed by atoms with Gasteiger partial charge in [-0.3, -0.25) is 19.7 Å². The summed E-state index contributed by atoms with van der Waals surface area (Å²) >= 11 is 0. The number of aromatic amines is 1. The molecule has 5 aromatic rings. The first kappa shape index (κ1) is 25.4. The van der Waals surface area contributed by atoms with Crippen LogP contribution in [0.25, 0.3) is 28.0 Å². The van der Waals surface area contributed by atoms with Crippen molar-refractivity contribution >= 4 is 23.2 Å². The summed E-state index contributed by atoms with van der Waals surface area (Å²) in [6.45, 7) is 4.63. The van der Waals surface area contributed by atoms with E-state index in [0.717, 1.165) is 28.8 Å². The number of aromatic nitrogens is 7. The van der Waals surface area contributed by atoms with Gasteiger partial charge in [0.1, 0.15) is 12.1 Å². The number of nitrogens with one attached hydrogen (secondary N) is 1. The van der Waals surface area contributed by atoms with Gasteiger partial charge in [-0.2, -0.15) is 14.7 Å². The van der Waals surface area contributed by atoms with Crippen LogP contribution in [0.3, 0.4) is 0 Å². The van der Waals surface area contributed by atoms with Crippen molar-refractivity contribution in [2.45, 2.75) is 39.0 Å².